The highest BCUT2D eigenvalue weighted by molar-refractivity contribution is 5.94. The van der Waals surface area contributed by atoms with Gasteiger partial charge in [-0.2, -0.15) is 10.1 Å². The summed E-state index contributed by atoms with van der Waals surface area (Å²) in [7, 11) is 0. The lowest BCUT2D eigenvalue weighted by Crippen LogP contribution is -2.13. The maximum atomic E-state index is 11.9. The number of anilines is 1. The van der Waals surface area contributed by atoms with Crippen molar-refractivity contribution in [2.24, 2.45) is 5.92 Å². The van der Waals surface area contributed by atoms with Crippen molar-refractivity contribution in [2.75, 3.05) is 5.32 Å². The Bertz CT molecular complexity index is 838. The Morgan fingerprint density at radius 1 is 1.38 bits per heavy atom. The van der Waals surface area contributed by atoms with Crippen LogP contribution in [0.5, 0.6) is 0 Å². The first kappa shape index (κ1) is 14.6. The zero-order valence-electron chi connectivity index (χ0n) is 12.9. The molecule has 8 nitrogen and oxygen atoms in total. The van der Waals surface area contributed by atoms with Crippen molar-refractivity contribution in [3.63, 3.8) is 0 Å². The minimum Gasteiger partial charge on any atom is -0.339 e. The molecule has 2 aromatic heterocycles. The number of hydrogen-bond donors (Lipinski definition) is 1. The van der Waals surface area contributed by atoms with Gasteiger partial charge < -0.3 is 9.84 Å². The highest BCUT2D eigenvalue weighted by Gasteiger charge is 2.29. The van der Waals surface area contributed by atoms with Crippen LogP contribution in [-0.2, 0) is 17.8 Å². The number of nitrogens with one attached hydrogen (secondary N) is 1. The Morgan fingerprint density at radius 2 is 2.29 bits per heavy atom. The van der Waals surface area contributed by atoms with Crippen LogP contribution in [0, 0.1) is 5.92 Å². The molecule has 0 aliphatic heterocycles. The van der Waals surface area contributed by atoms with Crippen LogP contribution < -0.4 is 5.32 Å². The first-order valence-electron chi connectivity index (χ1n) is 7.84. The molecule has 0 spiro atoms. The minimum absolute atomic E-state index is 0.0776. The molecule has 0 unspecified atom stereocenters. The van der Waals surface area contributed by atoms with E-state index in [0.29, 0.717) is 24.7 Å². The Morgan fingerprint density at radius 3 is 3.08 bits per heavy atom. The highest BCUT2D eigenvalue weighted by Crippen LogP contribution is 2.30. The lowest BCUT2D eigenvalue weighted by Gasteiger charge is -2.04. The SMILES string of the molecule is O=C(Nc1cccc(-c2noc(CCn3cncn3)n2)c1)C1CC1. The van der Waals surface area contributed by atoms with Gasteiger partial charge >= 0.3 is 0 Å². The first-order chi connectivity index (χ1) is 11.8. The number of aryl methyl sites for hydroxylation is 2. The molecule has 0 bridgehead atoms. The fourth-order valence-corrected chi connectivity index (χ4v) is 2.36. The number of carbonyl (C=O) groups is 1. The van der Waals surface area contributed by atoms with Gasteiger partial charge in [0.2, 0.25) is 17.6 Å². The summed E-state index contributed by atoms with van der Waals surface area (Å²) in [5, 5.41) is 11.0. The molecule has 3 aromatic rings. The van der Waals surface area contributed by atoms with Gasteiger partial charge in [-0.15, -0.1) is 0 Å². The number of aromatic nitrogens is 5. The molecule has 4 rings (SSSR count). The van der Waals surface area contributed by atoms with Crippen LogP contribution in [0.25, 0.3) is 11.4 Å². The smallest absolute Gasteiger partial charge is 0.228 e. The van der Waals surface area contributed by atoms with Crippen molar-refractivity contribution in [3.8, 4) is 11.4 Å². The maximum Gasteiger partial charge on any atom is 0.228 e. The van der Waals surface area contributed by atoms with Crippen molar-refractivity contribution in [3.05, 3.63) is 42.8 Å². The molecule has 1 fully saturated rings. The predicted molar refractivity (Wildman–Crippen MR) is 84.8 cm³/mol. The van der Waals surface area contributed by atoms with E-state index in [1.165, 1.54) is 6.33 Å². The summed E-state index contributed by atoms with van der Waals surface area (Å²) in [6, 6.07) is 7.46. The molecule has 1 N–H and O–H groups in total. The number of amides is 1. The van der Waals surface area contributed by atoms with Crippen LogP contribution in [0.4, 0.5) is 5.69 Å². The first-order valence-corrected chi connectivity index (χ1v) is 7.84. The highest BCUT2D eigenvalue weighted by atomic mass is 16.5. The van der Waals surface area contributed by atoms with Gasteiger partial charge in [-0.05, 0) is 25.0 Å². The number of carbonyl (C=O) groups excluding carboxylic acids is 1. The van der Waals surface area contributed by atoms with Crippen molar-refractivity contribution in [2.45, 2.75) is 25.8 Å². The van der Waals surface area contributed by atoms with Crippen LogP contribution in [0.1, 0.15) is 18.7 Å². The van der Waals surface area contributed by atoms with Gasteiger partial charge in [0.1, 0.15) is 12.7 Å². The molecule has 1 aromatic carbocycles. The Hall–Kier alpha value is -3.03. The third-order valence-electron chi connectivity index (χ3n) is 3.83. The van der Waals surface area contributed by atoms with Crippen LogP contribution >= 0.6 is 0 Å². The molecule has 1 saturated carbocycles. The van der Waals surface area contributed by atoms with E-state index in [2.05, 4.69) is 25.5 Å². The molecular formula is C16H16N6O2. The van der Waals surface area contributed by atoms with E-state index in [-0.39, 0.29) is 11.8 Å². The zero-order chi connectivity index (χ0) is 16.4. The molecule has 0 saturated heterocycles. The van der Waals surface area contributed by atoms with E-state index in [1.807, 2.05) is 24.3 Å². The maximum absolute atomic E-state index is 11.9. The summed E-state index contributed by atoms with van der Waals surface area (Å²) in [6.45, 7) is 0.624. The summed E-state index contributed by atoms with van der Waals surface area (Å²) in [6.07, 6.45) is 5.66. The van der Waals surface area contributed by atoms with Crippen molar-refractivity contribution >= 4 is 11.6 Å². The van der Waals surface area contributed by atoms with E-state index in [9.17, 15) is 4.79 Å². The molecular weight excluding hydrogens is 308 g/mol. The monoisotopic (exact) mass is 324 g/mol. The fraction of sp³-hybridized carbons (Fsp3) is 0.312. The normalized spacial score (nSPS) is 13.8. The second kappa shape index (κ2) is 6.23. The molecule has 1 aliphatic carbocycles. The molecule has 8 heteroatoms. The Labute approximate surface area is 137 Å². The minimum atomic E-state index is 0.0776. The quantitative estimate of drug-likeness (QED) is 0.744. The van der Waals surface area contributed by atoms with E-state index in [4.69, 9.17) is 4.52 Å². The Balaban J connectivity index is 1.44. The van der Waals surface area contributed by atoms with Crippen molar-refractivity contribution < 1.29 is 9.32 Å². The van der Waals surface area contributed by atoms with Gasteiger partial charge in [0.05, 0.1) is 6.54 Å². The lowest BCUT2D eigenvalue weighted by atomic mass is 10.2. The molecule has 1 amide bonds. The summed E-state index contributed by atoms with van der Waals surface area (Å²) in [5.41, 5.74) is 1.55. The summed E-state index contributed by atoms with van der Waals surface area (Å²) >= 11 is 0. The second-order valence-corrected chi connectivity index (χ2v) is 5.76. The van der Waals surface area contributed by atoms with Gasteiger partial charge in [-0.1, -0.05) is 17.3 Å². The third kappa shape index (κ3) is 3.32. The van der Waals surface area contributed by atoms with Crippen LogP contribution in [-0.4, -0.2) is 30.8 Å². The number of benzene rings is 1. The summed E-state index contributed by atoms with van der Waals surface area (Å²) in [5.74, 6) is 1.29. The lowest BCUT2D eigenvalue weighted by molar-refractivity contribution is -0.117. The molecule has 0 atom stereocenters. The molecule has 24 heavy (non-hydrogen) atoms. The number of rotatable bonds is 6. The Kier molecular flexibility index (Phi) is 3.78. The summed E-state index contributed by atoms with van der Waals surface area (Å²) < 4.78 is 6.98. The van der Waals surface area contributed by atoms with E-state index in [1.54, 1.807) is 11.0 Å². The van der Waals surface area contributed by atoms with Crippen LogP contribution in [0.2, 0.25) is 0 Å². The number of hydrogen-bond acceptors (Lipinski definition) is 6. The van der Waals surface area contributed by atoms with Gasteiger partial charge in [0.25, 0.3) is 0 Å². The van der Waals surface area contributed by atoms with E-state index >= 15 is 0 Å². The fourth-order valence-electron chi connectivity index (χ4n) is 2.36. The number of nitrogens with zero attached hydrogens (tertiary/aromatic N) is 5. The van der Waals surface area contributed by atoms with Crippen molar-refractivity contribution in [1.29, 1.82) is 0 Å². The molecule has 2 heterocycles. The average molecular weight is 324 g/mol. The third-order valence-corrected chi connectivity index (χ3v) is 3.83. The van der Waals surface area contributed by atoms with E-state index in [0.717, 1.165) is 24.1 Å². The molecule has 122 valence electrons. The molecule has 1 aliphatic rings. The van der Waals surface area contributed by atoms with Gasteiger partial charge in [-0.25, -0.2) is 4.98 Å². The summed E-state index contributed by atoms with van der Waals surface area (Å²) in [4.78, 5) is 20.1. The van der Waals surface area contributed by atoms with Gasteiger partial charge in [0, 0.05) is 23.6 Å². The topological polar surface area (TPSA) is 98.7 Å². The second-order valence-electron chi connectivity index (χ2n) is 5.76. The van der Waals surface area contributed by atoms with Gasteiger partial charge in [0.15, 0.2) is 0 Å². The standard InChI is InChI=1S/C16H16N6O2/c23-16(11-4-5-11)19-13-3-1-2-12(8-13)15-20-14(24-21-15)6-7-22-10-17-9-18-22/h1-3,8-11H,4-7H2,(H,19,23). The van der Waals surface area contributed by atoms with Gasteiger partial charge in [-0.3, -0.25) is 9.48 Å². The zero-order valence-corrected chi connectivity index (χ0v) is 12.9. The van der Waals surface area contributed by atoms with Crippen molar-refractivity contribution in [1.82, 2.24) is 24.9 Å². The van der Waals surface area contributed by atoms with E-state index < -0.39 is 0 Å². The van der Waals surface area contributed by atoms with Crippen LogP contribution in [0.15, 0.2) is 41.4 Å². The predicted octanol–water partition coefficient (Wildman–Crippen LogP) is 1.92. The van der Waals surface area contributed by atoms with Crippen LogP contribution in [0.3, 0.4) is 0 Å². The largest absolute Gasteiger partial charge is 0.339 e. The average Bonchev–Trinajstić information content (AvgIpc) is 3.12. The molecule has 0 radical (unpaired) electrons.